The highest BCUT2D eigenvalue weighted by atomic mass is 16.5. The Morgan fingerprint density at radius 3 is 2.62 bits per heavy atom. The maximum atomic E-state index is 13.0. The van der Waals surface area contributed by atoms with Crippen molar-refractivity contribution < 1.29 is 23.5 Å². The molecule has 2 aromatic rings. The van der Waals surface area contributed by atoms with E-state index in [2.05, 4.69) is 35.9 Å². The van der Waals surface area contributed by atoms with Crippen molar-refractivity contribution in [3.63, 3.8) is 0 Å². The van der Waals surface area contributed by atoms with Crippen molar-refractivity contribution in [2.24, 2.45) is 5.92 Å². The summed E-state index contributed by atoms with van der Waals surface area (Å²) in [5.74, 6) is 0.651. The molecule has 0 aliphatic carbocycles. The molecule has 0 saturated carbocycles. The lowest BCUT2D eigenvalue weighted by molar-refractivity contribution is -0.149. The van der Waals surface area contributed by atoms with Gasteiger partial charge in [-0.1, -0.05) is 19.1 Å². The van der Waals surface area contributed by atoms with Crippen LogP contribution in [0.1, 0.15) is 68.9 Å². The van der Waals surface area contributed by atoms with Crippen LogP contribution in [0.25, 0.3) is 0 Å². The van der Waals surface area contributed by atoms with E-state index >= 15 is 0 Å². The van der Waals surface area contributed by atoms with Gasteiger partial charge >= 0.3 is 5.97 Å². The normalized spacial score (nSPS) is 17.0. The van der Waals surface area contributed by atoms with Crippen molar-refractivity contribution in [1.29, 1.82) is 0 Å². The summed E-state index contributed by atoms with van der Waals surface area (Å²) in [6, 6.07) is 8.42. The molecule has 1 aliphatic rings. The Morgan fingerprint density at radius 2 is 1.94 bits per heavy atom. The molecule has 1 aliphatic heterocycles. The van der Waals surface area contributed by atoms with E-state index in [-0.39, 0.29) is 23.5 Å². The molecule has 2 atom stereocenters. The van der Waals surface area contributed by atoms with Crippen LogP contribution >= 0.6 is 0 Å². The Hall–Kier alpha value is -2.87. The Bertz CT molecular complexity index is 927. The summed E-state index contributed by atoms with van der Waals surface area (Å²) in [7, 11) is 0. The molecule has 0 radical (unpaired) electrons. The van der Waals surface area contributed by atoms with E-state index in [4.69, 9.17) is 13.9 Å². The fourth-order valence-corrected chi connectivity index (χ4v) is 4.15. The zero-order valence-corrected chi connectivity index (χ0v) is 20.8. The molecular weight excluding hydrogens is 434 g/mol. The average Bonchev–Trinajstić information content (AvgIpc) is 3.32. The number of rotatable bonds is 11. The molecular formula is C26H37N3O5. The van der Waals surface area contributed by atoms with Gasteiger partial charge in [0.1, 0.15) is 12.0 Å². The van der Waals surface area contributed by atoms with Crippen LogP contribution in [-0.2, 0) is 22.6 Å². The maximum Gasteiger partial charge on any atom is 0.310 e. The van der Waals surface area contributed by atoms with Crippen LogP contribution in [0.2, 0.25) is 0 Å². The number of benzene rings is 1. The van der Waals surface area contributed by atoms with Crippen LogP contribution < -0.4 is 4.74 Å². The lowest BCUT2D eigenvalue weighted by Gasteiger charge is -2.30. The fraction of sp³-hybridized carbons (Fsp3) is 0.577. The first-order chi connectivity index (χ1) is 16.4. The first-order valence-corrected chi connectivity index (χ1v) is 12.3. The molecule has 0 bridgehead atoms. The molecule has 0 unspecified atom stereocenters. The Kier molecular flexibility index (Phi) is 9.51. The second kappa shape index (κ2) is 12.6. The Balaban J connectivity index is 1.64. The maximum absolute atomic E-state index is 13.0. The van der Waals surface area contributed by atoms with Crippen molar-refractivity contribution >= 4 is 11.9 Å². The monoisotopic (exact) mass is 471 g/mol. The largest absolute Gasteiger partial charge is 0.494 e. The second-order valence-electron chi connectivity index (χ2n) is 8.71. The number of esters is 1. The second-order valence-corrected chi connectivity index (χ2v) is 8.71. The van der Waals surface area contributed by atoms with Crippen LogP contribution in [-0.4, -0.2) is 59.0 Å². The topological polar surface area (TPSA) is 85.1 Å². The minimum atomic E-state index is -0.279. The zero-order valence-electron chi connectivity index (χ0n) is 20.8. The molecule has 1 aromatic heterocycles. The van der Waals surface area contributed by atoms with E-state index < -0.39 is 0 Å². The zero-order chi connectivity index (χ0) is 24.5. The minimum absolute atomic E-state index is 0.203. The molecule has 1 saturated heterocycles. The van der Waals surface area contributed by atoms with Crippen molar-refractivity contribution in [3.8, 4) is 5.75 Å². The van der Waals surface area contributed by atoms with Gasteiger partial charge in [0.25, 0.3) is 5.91 Å². The first-order valence-electron chi connectivity index (χ1n) is 12.3. The molecule has 3 rings (SSSR count). The summed E-state index contributed by atoms with van der Waals surface area (Å²) in [5, 5.41) is 0. The molecule has 186 valence electrons. The number of likely N-dealkylation sites (tertiary alicyclic amines) is 1. The summed E-state index contributed by atoms with van der Waals surface area (Å²) in [6.45, 7) is 11.3. The van der Waals surface area contributed by atoms with Gasteiger partial charge in [0.2, 0.25) is 5.89 Å². The number of hydrogen-bond donors (Lipinski definition) is 0. The van der Waals surface area contributed by atoms with Gasteiger partial charge < -0.3 is 18.8 Å². The molecule has 1 aromatic carbocycles. The van der Waals surface area contributed by atoms with E-state index in [0.29, 0.717) is 44.8 Å². The van der Waals surface area contributed by atoms with Gasteiger partial charge in [-0.05, 0) is 57.7 Å². The Morgan fingerprint density at radius 1 is 1.18 bits per heavy atom. The predicted octanol–water partition coefficient (Wildman–Crippen LogP) is 4.29. The van der Waals surface area contributed by atoms with Crippen LogP contribution in [0.5, 0.6) is 5.75 Å². The number of aromatic nitrogens is 1. The van der Waals surface area contributed by atoms with E-state index in [0.717, 1.165) is 31.6 Å². The third kappa shape index (κ3) is 6.82. The van der Waals surface area contributed by atoms with Gasteiger partial charge in [0.15, 0.2) is 5.69 Å². The van der Waals surface area contributed by atoms with E-state index in [9.17, 15) is 9.59 Å². The highest BCUT2D eigenvalue weighted by Gasteiger charge is 2.31. The van der Waals surface area contributed by atoms with Gasteiger partial charge in [-0.15, -0.1) is 0 Å². The van der Waals surface area contributed by atoms with Crippen molar-refractivity contribution in [3.05, 3.63) is 47.7 Å². The van der Waals surface area contributed by atoms with Crippen molar-refractivity contribution in [1.82, 2.24) is 14.8 Å². The van der Waals surface area contributed by atoms with E-state index in [1.807, 2.05) is 19.1 Å². The summed E-state index contributed by atoms with van der Waals surface area (Å²) in [5.41, 5.74) is 1.45. The first kappa shape index (κ1) is 25.7. The SMILES string of the molecule is CCOC(=O)[C@@H]1CCCN(C(=O)c2coc(CN(Cc3ccc(OCC)cc3)[C@H](C)CC)n2)C1. The molecule has 1 amide bonds. The van der Waals surface area contributed by atoms with Crippen LogP contribution in [0, 0.1) is 5.92 Å². The Labute approximate surface area is 202 Å². The summed E-state index contributed by atoms with van der Waals surface area (Å²) >= 11 is 0. The quantitative estimate of drug-likeness (QED) is 0.452. The number of nitrogens with zero attached hydrogens (tertiary/aromatic N) is 3. The fourth-order valence-electron chi connectivity index (χ4n) is 4.15. The summed E-state index contributed by atoms with van der Waals surface area (Å²) in [4.78, 5) is 33.6. The van der Waals surface area contributed by atoms with Gasteiger partial charge in [0.05, 0.1) is 25.7 Å². The summed E-state index contributed by atoms with van der Waals surface area (Å²) in [6.07, 6.45) is 3.91. The van der Waals surface area contributed by atoms with Crippen LogP contribution in [0.15, 0.2) is 34.9 Å². The van der Waals surface area contributed by atoms with E-state index in [1.54, 1.807) is 11.8 Å². The number of amides is 1. The highest BCUT2D eigenvalue weighted by molar-refractivity contribution is 5.92. The van der Waals surface area contributed by atoms with Gasteiger partial charge in [-0.25, -0.2) is 4.98 Å². The molecule has 1 fully saturated rings. The smallest absolute Gasteiger partial charge is 0.310 e. The van der Waals surface area contributed by atoms with Crippen LogP contribution in [0.3, 0.4) is 0 Å². The molecule has 0 spiro atoms. The van der Waals surface area contributed by atoms with E-state index in [1.165, 1.54) is 11.8 Å². The third-order valence-corrected chi connectivity index (χ3v) is 6.27. The number of carbonyl (C=O) groups is 2. The molecule has 2 heterocycles. The lowest BCUT2D eigenvalue weighted by Crippen LogP contribution is -2.43. The summed E-state index contributed by atoms with van der Waals surface area (Å²) < 4.78 is 16.4. The lowest BCUT2D eigenvalue weighted by atomic mass is 9.98. The third-order valence-electron chi connectivity index (χ3n) is 6.27. The number of hydrogen-bond acceptors (Lipinski definition) is 7. The number of piperidine rings is 1. The van der Waals surface area contributed by atoms with Gasteiger partial charge in [-0.3, -0.25) is 14.5 Å². The van der Waals surface area contributed by atoms with Crippen molar-refractivity contribution in [2.75, 3.05) is 26.3 Å². The molecule has 8 nitrogen and oxygen atoms in total. The highest BCUT2D eigenvalue weighted by Crippen LogP contribution is 2.21. The minimum Gasteiger partial charge on any atom is -0.494 e. The number of ether oxygens (including phenoxy) is 2. The van der Waals surface area contributed by atoms with Gasteiger partial charge in [-0.2, -0.15) is 0 Å². The number of carbonyl (C=O) groups excluding carboxylic acids is 2. The van der Waals surface area contributed by atoms with Gasteiger partial charge in [0, 0.05) is 25.7 Å². The van der Waals surface area contributed by atoms with Crippen LogP contribution in [0.4, 0.5) is 0 Å². The van der Waals surface area contributed by atoms with Crippen molar-refractivity contribution in [2.45, 2.75) is 66.1 Å². The number of oxazole rings is 1. The molecule has 34 heavy (non-hydrogen) atoms. The predicted molar refractivity (Wildman–Crippen MR) is 128 cm³/mol. The average molecular weight is 472 g/mol. The molecule has 8 heteroatoms. The molecule has 0 N–H and O–H groups in total. The standard InChI is InChI=1S/C26H37N3O5/c1-5-19(4)29(15-20-10-12-22(13-11-20)32-6-2)17-24-27-23(18-34-24)25(30)28-14-8-9-21(16-28)26(31)33-7-3/h10-13,18-19,21H,5-9,14-17H2,1-4H3/t19-,21-/m1/s1.